The molecule has 0 fully saturated rings. The Kier molecular flexibility index (Phi) is 2.82. The van der Waals surface area contributed by atoms with E-state index in [-0.39, 0.29) is 0 Å². The summed E-state index contributed by atoms with van der Waals surface area (Å²) in [7, 11) is 0. The molecule has 1 rings (SSSR count). The summed E-state index contributed by atoms with van der Waals surface area (Å²) in [6.07, 6.45) is -4.09. The third-order valence-corrected chi connectivity index (χ3v) is 1.09. The van der Waals surface area contributed by atoms with Gasteiger partial charge in [0.05, 0.1) is 0 Å². The topological polar surface area (TPSA) is 35.0 Å². The molecule has 0 unspecified atom stereocenters. The standard InChI is InChI=1S/C6H3F5N2O/c7-5(8)14-3-1-2-12-4(13-3)6(9,10)11/h1-2,5H. The van der Waals surface area contributed by atoms with Crippen molar-refractivity contribution in [2.75, 3.05) is 0 Å². The second-order valence-corrected chi connectivity index (χ2v) is 2.09. The Labute approximate surface area is 74.5 Å². The second kappa shape index (κ2) is 3.72. The number of aromatic nitrogens is 2. The molecule has 1 aromatic heterocycles. The molecular weight excluding hydrogens is 211 g/mol. The van der Waals surface area contributed by atoms with Crippen LogP contribution in [0.5, 0.6) is 5.88 Å². The summed E-state index contributed by atoms with van der Waals surface area (Å²) < 4.78 is 62.6. The Balaban J connectivity index is 2.90. The normalized spacial score (nSPS) is 11.9. The zero-order valence-electron chi connectivity index (χ0n) is 6.42. The van der Waals surface area contributed by atoms with E-state index in [9.17, 15) is 22.0 Å². The summed E-state index contributed by atoms with van der Waals surface area (Å²) in [4.78, 5) is 5.60. The van der Waals surface area contributed by atoms with Gasteiger partial charge < -0.3 is 4.74 Å². The van der Waals surface area contributed by atoms with Crippen molar-refractivity contribution in [1.82, 2.24) is 9.97 Å². The van der Waals surface area contributed by atoms with Crippen LogP contribution in [-0.2, 0) is 6.18 Å². The lowest BCUT2D eigenvalue weighted by Gasteiger charge is -2.06. The lowest BCUT2D eigenvalue weighted by Crippen LogP contribution is -2.12. The van der Waals surface area contributed by atoms with E-state index < -0.39 is 24.5 Å². The monoisotopic (exact) mass is 214 g/mol. The summed E-state index contributed by atoms with van der Waals surface area (Å²) in [5.41, 5.74) is 0. The minimum atomic E-state index is -4.78. The molecule has 8 heteroatoms. The van der Waals surface area contributed by atoms with Crippen molar-refractivity contribution in [2.45, 2.75) is 12.8 Å². The molecule has 0 N–H and O–H groups in total. The first kappa shape index (κ1) is 10.6. The molecule has 0 aliphatic carbocycles. The van der Waals surface area contributed by atoms with Gasteiger partial charge in [0.1, 0.15) is 0 Å². The van der Waals surface area contributed by atoms with Crippen molar-refractivity contribution in [1.29, 1.82) is 0 Å². The maximum absolute atomic E-state index is 11.9. The van der Waals surface area contributed by atoms with E-state index in [0.717, 1.165) is 6.07 Å². The Morgan fingerprint density at radius 2 is 1.93 bits per heavy atom. The Morgan fingerprint density at radius 3 is 2.43 bits per heavy atom. The zero-order valence-corrected chi connectivity index (χ0v) is 6.42. The lowest BCUT2D eigenvalue weighted by atomic mass is 10.5. The van der Waals surface area contributed by atoms with Crippen molar-refractivity contribution in [2.24, 2.45) is 0 Å². The fourth-order valence-corrected chi connectivity index (χ4v) is 0.636. The molecule has 0 saturated carbocycles. The van der Waals surface area contributed by atoms with Gasteiger partial charge in [-0.3, -0.25) is 0 Å². The van der Waals surface area contributed by atoms with Gasteiger partial charge in [0.25, 0.3) is 0 Å². The van der Waals surface area contributed by atoms with Crippen molar-refractivity contribution in [3.63, 3.8) is 0 Å². The number of nitrogens with zero attached hydrogens (tertiary/aromatic N) is 2. The third-order valence-electron chi connectivity index (χ3n) is 1.09. The van der Waals surface area contributed by atoms with Crippen LogP contribution in [0.15, 0.2) is 12.3 Å². The van der Waals surface area contributed by atoms with Crippen molar-refractivity contribution >= 4 is 0 Å². The zero-order chi connectivity index (χ0) is 10.8. The molecule has 14 heavy (non-hydrogen) atoms. The van der Waals surface area contributed by atoms with Gasteiger partial charge in [-0.25, -0.2) is 4.98 Å². The smallest absolute Gasteiger partial charge is 0.417 e. The largest absolute Gasteiger partial charge is 0.451 e. The van der Waals surface area contributed by atoms with Crippen LogP contribution in [0.4, 0.5) is 22.0 Å². The van der Waals surface area contributed by atoms with Crippen LogP contribution in [0.1, 0.15) is 5.82 Å². The van der Waals surface area contributed by atoms with E-state index in [0.29, 0.717) is 6.20 Å². The average Bonchev–Trinajstić information content (AvgIpc) is 2.01. The van der Waals surface area contributed by atoms with Crippen molar-refractivity contribution in [3.8, 4) is 5.88 Å². The van der Waals surface area contributed by atoms with Gasteiger partial charge in [-0.15, -0.1) is 0 Å². The van der Waals surface area contributed by atoms with E-state index in [1.807, 2.05) is 0 Å². The van der Waals surface area contributed by atoms with E-state index in [1.54, 1.807) is 0 Å². The van der Waals surface area contributed by atoms with Gasteiger partial charge in [-0.1, -0.05) is 0 Å². The average molecular weight is 214 g/mol. The highest BCUT2D eigenvalue weighted by molar-refractivity contribution is 5.09. The summed E-state index contributed by atoms with van der Waals surface area (Å²) in [6.45, 7) is -3.22. The van der Waals surface area contributed by atoms with E-state index >= 15 is 0 Å². The summed E-state index contributed by atoms with van der Waals surface area (Å²) in [5.74, 6) is -2.34. The third kappa shape index (κ3) is 2.79. The van der Waals surface area contributed by atoms with Crippen LogP contribution in [0.25, 0.3) is 0 Å². The summed E-state index contributed by atoms with van der Waals surface area (Å²) in [6, 6.07) is 0.807. The van der Waals surface area contributed by atoms with E-state index in [1.165, 1.54) is 0 Å². The van der Waals surface area contributed by atoms with Gasteiger partial charge in [0.2, 0.25) is 11.7 Å². The Bertz CT molecular complexity index is 313. The van der Waals surface area contributed by atoms with Crippen LogP contribution in [0.2, 0.25) is 0 Å². The molecule has 78 valence electrons. The molecule has 0 radical (unpaired) electrons. The maximum atomic E-state index is 11.9. The quantitative estimate of drug-likeness (QED) is 0.707. The minimum Gasteiger partial charge on any atom is -0.417 e. The molecular formula is C6H3F5N2O. The summed E-state index contributed by atoms with van der Waals surface area (Å²) >= 11 is 0. The molecule has 1 aromatic rings. The molecule has 0 atom stereocenters. The molecule has 3 nitrogen and oxygen atoms in total. The number of ether oxygens (including phenoxy) is 1. The molecule has 0 amide bonds. The number of hydrogen-bond donors (Lipinski definition) is 0. The first-order chi connectivity index (χ1) is 6.39. The highest BCUT2D eigenvalue weighted by Gasteiger charge is 2.35. The molecule has 0 aliphatic rings. The van der Waals surface area contributed by atoms with Gasteiger partial charge in [0.15, 0.2) is 0 Å². The number of alkyl halides is 5. The van der Waals surface area contributed by atoms with Gasteiger partial charge in [-0.2, -0.15) is 26.9 Å². The van der Waals surface area contributed by atoms with Crippen LogP contribution in [-0.4, -0.2) is 16.6 Å². The van der Waals surface area contributed by atoms with Crippen LogP contribution in [0.3, 0.4) is 0 Å². The number of halogens is 5. The molecule has 0 spiro atoms. The molecule has 0 aromatic carbocycles. The van der Waals surface area contributed by atoms with Crippen molar-refractivity contribution < 1.29 is 26.7 Å². The molecule has 0 saturated heterocycles. The molecule has 1 heterocycles. The highest BCUT2D eigenvalue weighted by Crippen LogP contribution is 2.26. The molecule has 0 aliphatic heterocycles. The SMILES string of the molecule is FC(F)Oc1ccnc(C(F)(F)F)n1. The fourth-order valence-electron chi connectivity index (χ4n) is 0.636. The maximum Gasteiger partial charge on any atom is 0.451 e. The fraction of sp³-hybridized carbons (Fsp3) is 0.333. The predicted molar refractivity (Wildman–Crippen MR) is 33.7 cm³/mol. The minimum absolute atomic E-state index is 0.688. The van der Waals surface area contributed by atoms with Gasteiger partial charge in [-0.05, 0) is 0 Å². The van der Waals surface area contributed by atoms with Crippen LogP contribution in [0, 0.1) is 0 Å². The first-order valence-corrected chi connectivity index (χ1v) is 3.24. The van der Waals surface area contributed by atoms with Crippen molar-refractivity contribution in [3.05, 3.63) is 18.1 Å². The Hall–Kier alpha value is -1.47. The highest BCUT2D eigenvalue weighted by atomic mass is 19.4. The van der Waals surface area contributed by atoms with Gasteiger partial charge in [0, 0.05) is 12.3 Å². The second-order valence-electron chi connectivity index (χ2n) is 2.09. The lowest BCUT2D eigenvalue weighted by molar-refractivity contribution is -0.146. The van der Waals surface area contributed by atoms with Gasteiger partial charge >= 0.3 is 12.8 Å². The number of rotatable bonds is 2. The summed E-state index contributed by atoms with van der Waals surface area (Å²) in [5, 5.41) is 0. The molecule has 0 bridgehead atoms. The Morgan fingerprint density at radius 1 is 1.29 bits per heavy atom. The van der Waals surface area contributed by atoms with Crippen LogP contribution >= 0.6 is 0 Å². The van der Waals surface area contributed by atoms with Crippen LogP contribution < -0.4 is 4.74 Å². The van der Waals surface area contributed by atoms with E-state index in [2.05, 4.69) is 14.7 Å². The first-order valence-electron chi connectivity index (χ1n) is 3.24. The predicted octanol–water partition coefficient (Wildman–Crippen LogP) is 2.10. The number of hydrogen-bond acceptors (Lipinski definition) is 3. The van der Waals surface area contributed by atoms with E-state index in [4.69, 9.17) is 0 Å².